The number of amides is 1. The van der Waals surface area contributed by atoms with Gasteiger partial charge in [-0.15, -0.1) is 0 Å². The Hall–Kier alpha value is -0.950. The van der Waals surface area contributed by atoms with Crippen LogP contribution in [0.2, 0.25) is 0 Å². The molecule has 0 aliphatic carbocycles. The van der Waals surface area contributed by atoms with Gasteiger partial charge in [-0.1, -0.05) is 148 Å². The van der Waals surface area contributed by atoms with Gasteiger partial charge in [0.1, 0.15) is 12.2 Å². The first kappa shape index (κ1) is 40.1. The molecule has 4 unspecified atom stereocenters. The minimum atomic E-state index is -1.27. The second-order valence-corrected chi connectivity index (χ2v) is 12.2. The SMILES string of the molecule is CCCCCCC/C=C/CCCC(O)C(O)C(CO)NC(=O)C(O)CCCCCCCCCCCCCCCCC. The maximum absolute atomic E-state index is 12.4. The summed E-state index contributed by atoms with van der Waals surface area (Å²) in [6.45, 7) is 3.98. The second kappa shape index (κ2) is 30.5. The van der Waals surface area contributed by atoms with Crippen LogP contribution in [0.1, 0.15) is 174 Å². The smallest absolute Gasteiger partial charge is 0.249 e. The Kier molecular flexibility index (Phi) is 29.8. The van der Waals surface area contributed by atoms with Crippen molar-refractivity contribution in [2.75, 3.05) is 6.61 Å². The van der Waals surface area contributed by atoms with Gasteiger partial charge in [-0.3, -0.25) is 4.79 Å². The van der Waals surface area contributed by atoms with Crippen LogP contribution < -0.4 is 5.32 Å². The number of aliphatic hydroxyl groups is 4. The Bertz CT molecular complexity index is 585. The summed E-state index contributed by atoms with van der Waals surface area (Å²) in [5.74, 6) is -0.595. The topological polar surface area (TPSA) is 110 Å². The third-order valence-corrected chi connectivity index (χ3v) is 8.23. The van der Waals surface area contributed by atoms with E-state index in [1.54, 1.807) is 0 Å². The van der Waals surface area contributed by atoms with Crippen molar-refractivity contribution >= 4 is 5.91 Å². The van der Waals surface area contributed by atoms with Gasteiger partial charge < -0.3 is 25.7 Å². The molecule has 5 N–H and O–H groups in total. The van der Waals surface area contributed by atoms with Gasteiger partial charge in [-0.25, -0.2) is 0 Å². The summed E-state index contributed by atoms with van der Waals surface area (Å²) >= 11 is 0. The van der Waals surface area contributed by atoms with E-state index in [9.17, 15) is 25.2 Å². The number of aliphatic hydroxyl groups excluding tert-OH is 4. The average molecular weight is 584 g/mol. The first-order valence-electron chi connectivity index (χ1n) is 17.6. The maximum atomic E-state index is 12.4. The lowest BCUT2D eigenvalue weighted by Crippen LogP contribution is -2.53. The predicted molar refractivity (Wildman–Crippen MR) is 173 cm³/mol. The molecule has 244 valence electrons. The van der Waals surface area contributed by atoms with E-state index in [4.69, 9.17) is 0 Å². The van der Waals surface area contributed by atoms with Crippen LogP contribution in [-0.2, 0) is 4.79 Å². The molecule has 0 saturated carbocycles. The zero-order valence-electron chi connectivity index (χ0n) is 27.0. The van der Waals surface area contributed by atoms with E-state index in [-0.39, 0.29) is 0 Å². The molecule has 0 heterocycles. The standard InChI is InChI=1S/C35H69NO5/c1-3-5-7-9-11-13-15-16-17-18-19-21-23-25-27-29-33(39)35(41)36-31(30-37)34(40)32(38)28-26-24-22-20-14-12-10-8-6-4-2/h20,22,31-34,37-40H,3-19,21,23-30H2,1-2H3,(H,36,41)/b22-20+. The van der Waals surface area contributed by atoms with Crippen molar-refractivity contribution in [3.05, 3.63) is 12.2 Å². The van der Waals surface area contributed by atoms with Crippen LogP contribution in [-0.4, -0.2) is 57.3 Å². The third-order valence-electron chi connectivity index (χ3n) is 8.23. The van der Waals surface area contributed by atoms with Gasteiger partial charge in [-0.05, 0) is 38.5 Å². The van der Waals surface area contributed by atoms with Crippen LogP contribution in [0.15, 0.2) is 12.2 Å². The summed E-state index contributed by atoms with van der Waals surface area (Å²) in [4.78, 5) is 12.4. The fourth-order valence-electron chi connectivity index (χ4n) is 5.34. The van der Waals surface area contributed by atoms with Crippen molar-refractivity contribution in [2.45, 2.75) is 199 Å². The number of carbonyl (C=O) groups excluding carboxylic acids is 1. The van der Waals surface area contributed by atoms with Gasteiger partial charge in [0.2, 0.25) is 5.91 Å². The highest BCUT2D eigenvalue weighted by Gasteiger charge is 2.28. The number of nitrogens with one attached hydrogen (secondary N) is 1. The molecular weight excluding hydrogens is 514 g/mol. The normalized spacial score (nSPS) is 14.8. The van der Waals surface area contributed by atoms with E-state index in [0.29, 0.717) is 12.8 Å². The largest absolute Gasteiger partial charge is 0.394 e. The van der Waals surface area contributed by atoms with E-state index in [2.05, 4.69) is 31.3 Å². The summed E-state index contributed by atoms with van der Waals surface area (Å²) < 4.78 is 0. The van der Waals surface area contributed by atoms with Crippen LogP contribution in [0, 0.1) is 0 Å². The summed E-state index contributed by atoms with van der Waals surface area (Å²) in [5, 5.41) is 43.2. The zero-order valence-corrected chi connectivity index (χ0v) is 27.0. The lowest BCUT2D eigenvalue weighted by atomic mass is 10.00. The molecule has 1 amide bonds. The molecule has 41 heavy (non-hydrogen) atoms. The Morgan fingerprint density at radius 1 is 0.585 bits per heavy atom. The highest BCUT2D eigenvalue weighted by molar-refractivity contribution is 5.80. The third kappa shape index (κ3) is 25.3. The summed E-state index contributed by atoms with van der Waals surface area (Å²) in [6, 6.07) is -0.994. The predicted octanol–water partition coefficient (Wildman–Crippen LogP) is 7.89. The number of allylic oxidation sites excluding steroid dienone is 2. The van der Waals surface area contributed by atoms with Gasteiger partial charge in [0.15, 0.2) is 0 Å². The number of hydrogen-bond donors (Lipinski definition) is 5. The van der Waals surface area contributed by atoms with Crippen LogP contribution in [0.25, 0.3) is 0 Å². The highest BCUT2D eigenvalue weighted by Crippen LogP contribution is 2.15. The number of hydrogen-bond acceptors (Lipinski definition) is 5. The molecule has 0 aliphatic heterocycles. The highest BCUT2D eigenvalue weighted by atomic mass is 16.3. The van der Waals surface area contributed by atoms with Crippen LogP contribution in [0.4, 0.5) is 0 Å². The monoisotopic (exact) mass is 584 g/mol. The average Bonchev–Trinajstić information content (AvgIpc) is 2.98. The molecule has 0 aliphatic rings. The molecule has 0 rings (SSSR count). The minimum absolute atomic E-state index is 0.367. The molecule has 0 aromatic rings. The van der Waals surface area contributed by atoms with Crippen molar-refractivity contribution in [2.24, 2.45) is 0 Å². The minimum Gasteiger partial charge on any atom is -0.394 e. The molecule has 0 bridgehead atoms. The molecule has 0 saturated heterocycles. The van der Waals surface area contributed by atoms with Gasteiger partial charge in [0, 0.05) is 0 Å². The van der Waals surface area contributed by atoms with Crippen molar-refractivity contribution in [1.82, 2.24) is 5.32 Å². The van der Waals surface area contributed by atoms with Crippen molar-refractivity contribution in [1.29, 1.82) is 0 Å². The Morgan fingerprint density at radius 3 is 1.46 bits per heavy atom. The van der Waals surface area contributed by atoms with Crippen LogP contribution in [0.5, 0.6) is 0 Å². The lowest BCUT2D eigenvalue weighted by Gasteiger charge is -2.27. The Labute approximate surface area is 253 Å². The second-order valence-electron chi connectivity index (χ2n) is 12.2. The summed E-state index contributed by atoms with van der Waals surface area (Å²) in [6.07, 6.45) is 29.5. The van der Waals surface area contributed by atoms with Crippen LogP contribution >= 0.6 is 0 Å². The molecule has 0 spiro atoms. The van der Waals surface area contributed by atoms with Crippen molar-refractivity contribution in [3.8, 4) is 0 Å². The first-order chi connectivity index (χ1) is 20.0. The van der Waals surface area contributed by atoms with Gasteiger partial charge in [0.05, 0.1) is 18.8 Å². The molecule has 0 aromatic carbocycles. The van der Waals surface area contributed by atoms with E-state index < -0.39 is 36.9 Å². The maximum Gasteiger partial charge on any atom is 0.249 e. The molecule has 6 nitrogen and oxygen atoms in total. The number of carbonyl (C=O) groups is 1. The quantitative estimate of drug-likeness (QED) is 0.0421. The first-order valence-corrected chi connectivity index (χ1v) is 17.6. The van der Waals surface area contributed by atoms with E-state index in [0.717, 1.165) is 38.5 Å². The molecular formula is C35H69NO5. The van der Waals surface area contributed by atoms with Crippen molar-refractivity contribution in [3.63, 3.8) is 0 Å². The van der Waals surface area contributed by atoms with E-state index >= 15 is 0 Å². The van der Waals surface area contributed by atoms with E-state index in [1.165, 1.54) is 109 Å². The zero-order chi connectivity index (χ0) is 30.4. The molecule has 6 heteroatoms. The lowest BCUT2D eigenvalue weighted by molar-refractivity contribution is -0.132. The Morgan fingerprint density at radius 2 is 1.00 bits per heavy atom. The molecule has 0 aromatic heterocycles. The fraction of sp³-hybridized carbons (Fsp3) is 0.914. The summed E-state index contributed by atoms with van der Waals surface area (Å²) in [5.41, 5.74) is 0. The number of rotatable bonds is 31. The Balaban J connectivity index is 3.84. The molecule has 4 atom stereocenters. The van der Waals surface area contributed by atoms with Crippen LogP contribution in [0.3, 0.4) is 0 Å². The van der Waals surface area contributed by atoms with Gasteiger partial charge >= 0.3 is 0 Å². The molecule has 0 fully saturated rings. The van der Waals surface area contributed by atoms with Crippen molar-refractivity contribution < 1.29 is 25.2 Å². The molecule has 0 radical (unpaired) electrons. The summed E-state index contributed by atoms with van der Waals surface area (Å²) in [7, 11) is 0. The van der Waals surface area contributed by atoms with E-state index in [1.807, 2.05) is 0 Å². The van der Waals surface area contributed by atoms with Gasteiger partial charge in [-0.2, -0.15) is 0 Å². The number of unbranched alkanes of at least 4 members (excludes halogenated alkanes) is 20. The van der Waals surface area contributed by atoms with Gasteiger partial charge in [0.25, 0.3) is 0 Å². The fourth-order valence-corrected chi connectivity index (χ4v) is 5.34.